The number of hydrazone groups is 1. The lowest BCUT2D eigenvalue weighted by atomic mass is 10.2. The van der Waals surface area contributed by atoms with Crippen LogP contribution in [0.4, 0.5) is 11.8 Å². The van der Waals surface area contributed by atoms with Crippen LogP contribution in [-0.2, 0) is 4.74 Å². The number of pyridine rings is 1. The van der Waals surface area contributed by atoms with Crippen LogP contribution in [0.15, 0.2) is 47.7 Å². The summed E-state index contributed by atoms with van der Waals surface area (Å²) in [5, 5.41) is 4.44. The zero-order valence-corrected chi connectivity index (χ0v) is 19.4. The summed E-state index contributed by atoms with van der Waals surface area (Å²) in [6.45, 7) is 6.69. The molecule has 0 aliphatic carbocycles. The molecule has 174 valence electrons. The van der Waals surface area contributed by atoms with Crippen LogP contribution in [-0.4, -0.2) is 64.1 Å². The summed E-state index contributed by atoms with van der Waals surface area (Å²) >= 11 is 0. The third kappa shape index (κ3) is 4.40. The molecule has 0 unspecified atom stereocenters. The number of imidazole rings is 1. The number of nitrogens with zero attached hydrogens (tertiary/aromatic N) is 7. The molecule has 0 radical (unpaired) electrons. The van der Waals surface area contributed by atoms with Gasteiger partial charge in [-0.1, -0.05) is 29.8 Å². The van der Waals surface area contributed by atoms with E-state index in [4.69, 9.17) is 24.4 Å². The second-order valence-corrected chi connectivity index (χ2v) is 7.98. The molecule has 1 aliphatic rings. The van der Waals surface area contributed by atoms with E-state index < -0.39 is 0 Å². The third-order valence-corrected chi connectivity index (χ3v) is 5.57. The molecule has 0 atom stereocenters. The maximum Gasteiger partial charge on any atom is 0.229 e. The summed E-state index contributed by atoms with van der Waals surface area (Å²) in [4.78, 5) is 20.8. The standard InChI is InChI=1S/C24H26N8O2/c1-16-5-4-6-18(13-16)15-26-30-22-21-23(29-24(28-22)31-9-11-34-12-10-31)32(17(2)27-21)19-7-8-25-20(14-19)33-3/h4-8,13-15H,9-12H2,1-3H3,(H,28,29,30)/b26-15+. The van der Waals surface area contributed by atoms with Crippen molar-refractivity contribution in [3.8, 4) is 11.6 Å². The molecule has 4 heterocycles. The van der Waals surface area contributed by atoms with Gasteiger partial charge in [-0.05, 0) is 25.5 Å². The van der Waals surface area contributed by atoms with E-state index in [2.05, 4.69) is 39.5 Å². The van der Waals surface area contributed by atoms with Crippen LogP contribution in [0.2, 0.25) is 0 Å². The van der Waals surface area contributed by atoms with Crippen molar-refractivity contribution in [2.24, 2.45) is 5.10 Å². The average molecular weight is 459 g/mol. The van der Waals surface area contributed by atoms with Crippen LogP contribution < -0.4 is 15.1 Å². The number of morpholine rings is 1. The van der Waals surface area contributed by atoms with E-state index in [1.165, 1.54) is 5.56 Å². The minimum absolute atomic E-state index is 0.516. The molecule has 0 saturated carbocycles. The number of nitrogens with one attached hydrogen (secondary N) is 1. The molecule has 1 aromatic carbocycles. The predicted octanol–water partition coefficient (Wildman–Crippen LogP) is 3.12. The van der Waals surface area contributed by atoms with E-state index in [1.54, 1.807) is 19.5 Å². The number of anilines is 2. The minimum atomic E-state index is 0.516. The van der Waals surface area contributed by atoms with Gasteiger partial charge in [-0.3, -0.25) is 9.99 Å². The molecule has 3 aromatic heterocycles. The van der Waals surface area contributed by atoms with Crippen LogP contribution in [0.25, 0.3) is 16.9 Å². The van der Waals surface area contributed by atoms with Gasteiger partial charge in [-0.15, -0.1) is 0 Å². The molecule has 1 N–H and O–H groups in total. The van der Waals surface area contributed by atoms with Crippen molar-refractivity contribution in [1.29, 1.82) is 0 Å². The summed E-state index contributed by atoms with van der Waals surface area (Å²) in [7, 11) is 1.60. The van der Waals surface area contributed by atoms with Crippen molar-refractivity contribution in [1.82, 2.24) is 24.5 Å². The summed E-state index contributed by atoms with van der Waals surface area (Å²) in [5.41, 5.74) is 7.43. The summed E-state index contributed by atoms with van der Waals surface area (Å²) in [6, 6.07) is 11.9. The maximum atomic E-state index is 5.51. The van der Waals surface area contributed by atoms with Gasteiger partial charge < -0.3 is 14.4 Å². The Bertz CT molecular complexity index is 1340. The van der Waals surface area contributed by atoms with Crippen LogP contribution in [0, 0.1) is 13.8 Å². The molecule has 4 aromatic rings. The van der Waals surface area contributed by atoms with E-state index in [-0.39, 0.29) is 0 Å². The Balaban J connectivity index is 1.60. The number of aryl methyl sites for hydroxylation is 2. The fourth-order valence-corrected chi connectivity index (χ4v) is 3.92. The molecule has 1 aliphatic heterocycles. The first-order chi connectivity index (χ1) is 16.6. The molecular weight excluding hydrogens is 432 g/mol. The zero-order valence-electron chi connectivity index (χ0n) is 19.4. The maximum absolute atomic E-state index is 5.51. The summed E-state index contributed by atoms with van der Waals surface area (Å²) in [6.07, 6.45) is 3.47. The van der Waals surface area contributed by atoms with Gasteiger partial charge in [0.25, 0.3) is 0 Å². The predicted molar refractivity (Wildman–Crippen MR) is 131 cm³/mol. The molecule has 0 bridgehead atoms. The Morgan fingerprint density at radius 3 is 2.74 bits per heavy atom. The molecule has 0 spiro atoms. The number of ether oxygens (including phenoxy) is 2. The molecule has 1 saturated heterocycles. The van der Waals surface area contributed by atoms with Crippen molar-refractivity contribution in [2.45, 2.75) is 13.8 Å². The first-order valence-corrected chi connectivity index (χ1v) is 11.1. The van der Waals surface area contributed by atoms with Gasteiger partial charge >= 0.3 is 0 Å². The Morgan fingerprint density at radius 1 is 1.09 bits per heavy atom. The molecule has 5 rings (SSSR count). The fourth-order valence-electron chi connectivity index (χ4n) is 3.92. The smallest absolute Gasteiger partial charge is 0.229 e. The number of hydrogen-bond acceptors (Lipinski definition) is 9. The van der Waals surface area contributed by atoms with Gasteiger partial charge in [0.05, 0.1) is 32.2 Å². The van der Waals surface area contributed by atoms with Crippen LogP contribution >= 0.6 is 0 Å². The quantitative estimate of drug-likeness (QED) is 0.347. The lowest BCUT2D eigenvalue weighted by Gasteiger charge is -2.27. The van der Waals surface area contributed by atoms with E-state index >= 15 is 0 Å². The molecule has 34 heavy (non-hydrogen) atoms. The highest BCUT2D eigenvalue weighted by Gasteiger charge is 2.21. The second kappa shape index (κ2) is 9.44. The van der Waals surface area contributed by atoms with Crippen LogP contribution in [0.3, 0.4) is 0 Å². The fraction of sp³-hybridized carbons (Fsp3) is 0.292. The Kier molecular flexibility index (Phi) is 6.05. The highest BCUT2D eigenvalue weighted by Crippen LogP contribution is 2.28. The van der Waals surface area contributed by atoms with E-state index in [1.807, 2.05) is 35.8 Å². The largest absolute Gasteiger partial charge is 0.481 e. The van der Waals surface area contributed by atoms with Gasteiger partial charge in [0.1, 0.15) is 5.82 Å². The monoisotopic (exact) mass is 458 g/mol. The molecule has 0 amide bonds. The molecular formula is C24H26N8O2. The molecule has 10 nitrogen and oxygen atoms in total. The number of fused-ring (bicyclic) bond motifs is 1. The van der Waals surface area contributed by atoms with Crippen molar-refractivity contribution >= 4 is 29.1 Å². The number of aromatic nitrogens is 5. The average Bonchev–Trinajstić information content (AvgIpc) is 3.20. The highest BCUT2D eigenvalue weighted by atomic mass is 16.5. The van der Waals surface area contributed by atoms with Gasteiger partial charge in [0.2, 0.25) is 11.8 Å². The van der Waals surface area contributed by atoms with Gasteiger partial charge in [0.15, 0.2) is 17.0 Å². The van der Waals surface area contributed by atoms with Crippen molar-refractivity contribution in [3.05, 3.63) is 59.5 Å². The topological polar surface area (TPSA) is 103 Å². The third-order valence-electron chi connectivity index (χ3n) is 5.57. The number of methoxy groups -OCH3 is 1. The van der Waals surface area contributed by atoms with Crippen LogP contribution in [0.1, 0.15) is 17.0 Å². The minimum Gasteiger partial charge on any atom is -0.481 e. The number of benzene rings is 1. The van der Waals surface area contributed by atoms with Crippen molar-refractivity contribution in [3.63, 3.8) is 0 Å². The van der Waals surface area contributed by atoms with Gasteiger partial charge in [-0.2, -0.15) is 15.1 Å². The Hall–Kier alpha value is -4.05. The number of rotatable bonds is 6. The van der Waals surface area contributed by atoms with Crippen LogP contribution in [0.5, 0.6) is 5.88 Å². The summed E-state index contributed by atoms with van der Waals surface area (Å²) < 4.78 is 12.8. The highest BCUT2D eigenvalue weighted by molar-refractivity contribution is 5.87. The zero-order chi connectivity index (χ0) is 23.5. The molecule has 1 fully saturated rings. The van der Waals surface area contributed by atoms with E-state index in [9.17, 15) is 0 Å². The lowest BCUT2D eigenvalue weighted by Crippen LogP contribution is -2.37. The lowest BCUT2D eigenvalue weighted by molar-refractivity contribution is 0.122. The molecule has 10 heteroatoms. The summed E-state index contributed by atoms with van der Waals surface area (Å²) in [5.74, 6) is 2.43. The van der Waals surface area contributed by atoms with Gasteiger partial charge in [-0.25, -0.2) is 9.97 Å². The normalized spacial score (nSPS) is 14.1. The van der Waals surface area contributed by atoms with Crippen molar-refractivity contribution in [2.75, 3.05) is 43.7 Å². The number of hydrogen-bond donors (Lipinski definition) is 1. The first kappa shape index (κ1) is 21.8. The Labute approximate surface area is 197 Å². The van der Waals surface area contributed by atoms with E-state index in [0.717, 1.165) is 17.1 Å². The first-order valence-electron chi connectivity index (χ1n) is 11.1. The second-order valence-electron chi connectivity index (χ2n) is 7.98. The van der Waals surface area contributed by atoms with E-state index in [0.29, 0.717) is 55.1 Å². The van der Waals surface area contributed by atoms with Gasteiger partial charge in [0, 0.05) is 25.4 Å². The Morgan fingerprint density at radius 2 is 1.94 bits per heavy atom. The van der Waals surface area contributed by atoms with Crippen molar-refractivity contribution < 1.29 is 9.47 Å². The SMILES string of the molecule is COc1cc(-n2c(C)nc3c(N/N=C/c4cccc(C)c4)nc(N4CCOCC4)nc32)ccn1.